The summed E-state index contributed by atoms with van der Waals surface area (Å²) in [6.45, 7) is 5.92. The Morgan fingerprint density at radius 2 is 1.86 bits per heavy atom. The number of benzene rings is 1. The summed E-state index contributed by atoms with van der Waals surface area (Å²) < 4.78 is 0. The summed E-state index contributed by atoms with van der Waals surface area (Å²) >= 11 is 0. The first kappa shape index (κ1) is 17.7. The first-order valence-corrected chi connectivity index (χ1v) is 9.50. The molecule has 1 aromatic heterocycles. The van der Waals surface area contributed by atoms with E-state index >= 15 is 0 Å². The van der Waals surface area contributed by atoms with Crippen LogP contribution in [0.1, 0.15) is 43.4 Å². The van der Waals surface area contributed by atoms with Gasteiger partial charge in [-0.2, -0.15) is 4.98 Å². The standard InChI is InChI=1S/C21H21N5O3/c1-9-4-5-11-10(6-9)21(18(29)24-11)14-12(7-20(2,3)8-13(14)27)23-16-15(21)17(28)26-19(22)25-16/h4-6H,7-8H2,1-3H3,(H,24,29)(H4,22,23,25,26,28). The first-order chi connectivity index (χ1) is 13.6. The van der Waals surface area contributed by atoms with E-state index in [2.05, 4.69) is 20.6 Å². The van der Waals surface area contributed by atoms with Crippen LogP contribution in [-0.2, 0) is 15.0 Å². The molecule has 2 aliphatic heterocycles. The maximum atomic E-state index is 13.5. The molecule has 0 fully saturated rings. The molecular weight excluding hydrogens is 370 g/mol. The third-order valence-electron chi connectivity index (χ3n) is 6.00. The van der Waals surface area contributed by atoms with Gasteiger partial charge < -0.3 is 16.4 Å². The van der Waals surface area contributed by atoms with Crippen molar-refractivity contribution in [3.63, 3.8) is 0 Å². The Kier molecular flexibility index (Phi) is 3.25. The zero-order valence-corrected chi connectivity index (χ0v) is 16.4. The minimum Gasteiger partial charge on any atom is -0.369 e. The van der Waals surface area contributed by atoms with Crippen molar-refractivity contribution >= 4 is 29.1 Å². The maximum absolute atomic E-state index is 13.5. The van der Waals surface area contributed by atoms with E-state index in [0.29, 0.717) is 35.4 Å². The molecule has 1 unspecified atom stereocenters. The molecule has 8 heteroatoms. The third-order valence-corrected chi connectivity index (χ3v) is 6.00. The summed E-state index contributed by atoms with van der Waals surface area (Å²) in [4.78, 5) is 46.8. The number of carbonyl (C=O) groups is 2. The highest BCUT2D eigenvalue weighted by atomic mass is 16.2. The molecule has 1 spiro atoms. The molecule has 0 saturated carbocycles. The first-order valence-electron chi connectivity index (χ1n) is 9.50. The number of amides is 1. The van der Waals surface area contributed by atoms with Gasteiger partial charge in [-0.25, -0.2) is 0 Å². The summed E-state index contributed by atoms with van der Waals surface area (Å²) in [6.07, 6.45) is 0.845. The van der Waals surface area contributed by atoms with Gasteiger partial charge in [0.2, 0.25) is 11.9 Å². The SMILES string of the molecule is Cc1ccc2c(c1)C1(C(=O)N2)C2=C(CC(C)(C)CC2=O)Nc2nc(N)[nH]c(=O)c21. The number of allylic oxidation sites excluding steroid dienone is 1. The monoisotopic (exact) mass is 391 g/mol. The van der Waals surface area contributed by atoms with Crippen LogP contribution in [0.25, 0.3) is 0 Å². The fourth-order valence-electron chi connectivity index (χ4n) is 4.97. The lowest BCUT2D eigenvalue weighted by Crippen LogP contribution is -2.50. The van der Waals surface area contributed by atoms with Crippen molar-refractivity contribution < 1.29 is 9.59 Å². The van der Waals surface area contributed by atoms with Crippen molar-refractivity contribution in [2.45, 2.75) is 39.0 Å². The number of hydrogen-bond donors (Lipinski definition) is 4. The molecule has 29 heavy (non-hydrogen) atoms. The minimum atomic E-state index is -1.54. The van der Waals surface area contributed by atoms with E-state index < -0.39 is 16.9 Å². The van der Waals surface area contributed by atoms with Gasteiger partial charge in [0, 0.05) is 28.9 Å². The summed E-state index contributed by atoms with van der Waals surface area (Å²) in [5.41, 5.74) is 6.61. The topological polar surface area (TPSA) is 130 Å². The van der Waals surface area contributed by atoms with Crippen molar-refractivity contribution in [1.29, 1.82) is 0 Å². The van der Waals surface area contributed by atoms with E-state index in [9.17, 15) is 14.4 Å². The van der Waals surface area contributed by atoms with Crippen molar-refractivity contribution in [2.24, 2.45) is 5.41 Å². The van der Waals surface area contributed by atoms with Gasteiger partial charge in [0.15, 0.2) is 5.78 Å². The van der Waals surface area contributed by atoms with Crippen LogP contribution in [0.5, 0.6) is 0 Å². The molecule has 1 amide bonds. The second kappa shape index (κ2) is 5.34. The number of nitrogen functional groups attached to an aromatic ring is 1. The van der Waals surface area contributed by atoms with Crippen LogP contribution in [0.4, 0.5) is 17.5 Å². The van der Waals surface area contributed by atoms with Gasteiger partial charge in [0.25, 0.3) is 5.56 Å². The van der Waals surface area contributed by atoms with Crippen molar-refractivity contribution in [3.05, 3.63) is 56.5 Å². The van der Waals surface area contributed by atoms with Crippen molar-refractivity contribution in [1.82, 2.24) is 9.97 Å². The predicted molar refractivity (Wildman–Crippen MR) is 109 cm³/mol. The summed E-state index contributed by atoms with van der Waals surface area (Å²) in [5, 5.41) is 6.03. The van der Waals surface area contributed by atoms with E-state index in [1.807, 2.05) is 32.9 Å². The lowest BCUT2D eigenvalue weighted by molar-refractivity contribution is -0.123. The maximum Gasteiger partial charge on any atom is 0.259 e. The summed E-state index contributed by atoms with van der Waals surface area (Å²) in [5.74, 6) is -0.390. The molecule has 8 nitrogen and oxygen atoms in total. The van der Waals surface area contributed by atoms with E-state index in [1.165, 1.54) is 0 Å². The molecule has 1 aliphatic carbocycles. The fourth-order valence-corrected chi connectivity index (χ4v) is 4.97. The Labute approximate surface area is 166 Å². The number of ketones is 1. The second-order valence-corrected chi connectivity index (χ2v) is 8.85. The molecular formula is C21H21N5O3. The molecule has 2 aromatic rings. The number of H-pyrrole nitrogens is 1. The minimum absolute atomic E-state index is 0.0512. The van der Waals surface area contributed by atoms with Gasteiger partial charge >= 0.3 is 0 Å². The number of hydrogen-bond acceptors (Lipinski definition) is 6. The van der Waals surface area contributed by atoms with Crippen molar-refractivity contribution in [2.75, 3.05) is 16.4 Å². The largest absolute Gasteiger partial charge is 0.369 e. The molecule has 0 bridgehead atoms. The van der Waals surface area contributed by atoms with Crippen LogP contribution in [0.15, 0.2) is 34.3 Å². The Balaban J connectivity index is 1.95. The Hall–Kier alpha value is -3.42. The molecule has 5 rings (SSSR count). The van der Waals surface area contributed by atoms with Gasteiger partial charge in [-0.15, -0.1) is 0 Å². The Bertz CT molecular complexity index is 1220. The van der Waals surface area contributed by atoms with Crippen LogP contribution in [0.3, 0.4) is 0 Å². The van der Waals surface area contributed by atoms with Gasteiger partial charge in [0.05, 0.1) is 5.56 Å². The molecule has 5 N–H and O–H groups in total. The lowest BCUT2D eigenvalue weighted by atomic mass is 9.61. The van der Waals surface area contributed by atoms with Gasteiger partial charge in [0.1, 0.15) is 11.2 Å². The number of Topliss-reactive ketones (excluding diaryl/α,β-unsaturated/α-hetero) is 1. The van der Waals surface area contributed by atoms with E-state index in [0.717, 1.165) is 5.56 Å². The van der Waals surface area contributed by atoms with Gasteiger partial charge in [-0.1, -0.05) is 31.5 Å². The van der Waals surface area contributed by atoms with Gasteiger partial charge in [-0.05, 0) is 24.8 Å². The number of aryl methyl sites for hydroxylation is 1. The predicted octanol–water partition coefficient (Wildman–Crippen LogP) is 1.97. The smallest absolute Gasteiger partial charge is 0.259 e. The summed E-state index contributed by atoms with van der Waals surface area (Å²) in [7, 11) is 0. The average Bonchev–Trinajstić information content (AvgIpc) is 2.85. The average molecular weight is 391 g/mol. The summed E-state index contributed by atoms with van der Waals surface area (Å²) in [6, 6.07) is 5.54. The fraction of sp³-hybridized carbons (Fsp3) is 0.333. The number of anilines is 3. The normalized spacial score (nSPS) is 24.0. The van der Waals surface area contributed by atoms with Gasteiger partial charge in [-0.3, -0.25) is 19.4 Å². The van der Waals surface area contributed by atoms with E-state index in [-0.39, 0.29) is 28.5 Å². The van der Waals surface area contributed by atoms with Crippen molar-refractivity contribution in [3.8, 4) is 0 Å². The quantitative estimate of drug-likeness (QED) is 0.543. The number of nitrogens with one attached hydrogen (secondary N) is 3. The number of carbonyl (C=O) groups excluding carboxylic acids is 2. The van der Waals surface area contributed by atoms with Crippen LogP contribution in [0, 0.1) is 12.3 Å². The Morgan fingerprint density at radius 1 is 1.10 bits per heavy atom. The molecule has 0 radical (unpaired) electrons. The zero-order valence-electron chi connectivity index (χ0n) is 16.4. The lowest BCUT2D eigenvalue weighted by Gasteiger charge is -2.42. The van der Waals surface area contributed by atoms with Crippen LogP contribution < -0.4 is 21.9 Å². The highest BCUT2D eigenvalue weighted by molar-refractivity contribution is 6.19. The van der Waals surface area contributed by atoms with Crippen LogP contribution in [-0.4, -0.2) is 21.7 Å². The number of aromatic nitrogens is 2. The molecule has 0 saturated heterocycles. The second-order valence-electron chi connectivity index (χ2n) is 8.85. The highest BCUT2D eigenvalue weighted by Crippen LogP contribution is 2.55. The molecule has 1 atom stereocenters. The number of rotatable bonds is 0. The molecule has 3 aliphatic rings. The van der Waals surface area contributed by atoms with E-state index in [4.69, 9.17) is 5.73 Å². The van der Waals surface area contributed by atoms with E-state index in [1.54, 1.807) is 6.07 Å². The highest BCUT2D eigenvalue weighted by Gasteiger charge is 2.60. The number of fused-ring (bicyclic) bond motifs is 5. The third kappa shape index (κ3) is 2.19. The Morgan fingerprint density at radius 3 is 2.62 bits per heavy atom. The molecule has 1 aromatic carbocycles. The number of nitrogens with zero attached hydrogens (tertiary/aromatic N) is 1. The molecule has 148 valence electrons. The van der Waals surface area contributed by atoms with Crippen LogP contribution in [0.2, 0.25) is 0 Å². The molecule has 3 heterocycles. The van der Waals surface area contributed by atoms with Crippen LogP contribution >= 0.6 is 0 Å². The number of nitrogens with two attached hydrogens (primary N) is 1. The zero-order chi connectivity index (χ0) is 20.7. The number of aromatic amines is 1.